The molecule has 0 aliphatic carbocycles. The van der Waals surface area contributed by atoms with Crippen molar-refractivity contribution in [1.82, 2.24) is 0 Å². The lowest BCUT2D eigenvalue weighted by molar-refractivity contribution is -0.117. The fourth-order valence-corrected chi connectivity index (χ4v) is 4.56. The van der Waals surface area contributed by atoms with Crippen molar-refractivity contribution in [2.75, 3.05) is 11.5 Å². The lowest BCUT2D eigenvalue weighted by atomic mass is 9.95. The molecule has 7 heteroatoms. The summed E-state index contributed by atoms with van der Waals surface area (Å²) < 4.78 is 11.4. The van der Waals surface area contributed by atoms with Crippen molar-refractivity contribution in [3.63, 3.8) is 0 Å². The number of aliphatic hydroxyl groups excluding tert-OH is 1. The number of ketones is 1. The summed E-state index contributed by atoms with van der Waals surface area (Å²) in [6, 6.07) is 17.0. The van der Waals surface area contributed by atoms with Gasteiger partial charge in [0, 0.05) is 11.8 Å². The number of nitrogens with zero attached hydrogens (tertiary/aromatic N) is 1. The van der Waals surface area contributed by atoms with Gasteiger partial charge in [-0.3, -0.25) is 14.5 Å². The van der Waals surface area contributed by atoms with Crippen molar-refractivity contribution in [3.05, 3.63) is 87.8 Å². The van der Waals surface area contributed by atoms with Crippen molar-refractivity contribution in [3.8, 4) is 11.5 Å². The zero-order valence-electron chi connectivity index (χ0n) is 18.6. The number of benzene rings is 2. The molecule has 2 heterocycles. The van der Waals surface area contributed by atoms with E-state index in [-0.39, 0.29) is 17.5 Å². The fraction of sp³-hybridized carbons (Fsp3) is 0.231. The molecule has 2 aromatic carbocycles. The molecule has 1 atom stereocenters. The third-order valence-electron chi connectivity index (χ3n) is 5.15. The SMILES string of the molecule is CCOc1cccc(N2C(=O)C(O)=C(C(=O)c3cccs3)C2c2cccc(OC(C)C)c2)c1. The molecule has 0 saturated carbocycles. The van der Waals surface area contributed by atoms with Crippen LogP contribution in [0.15, 0.2) is 77.4 Å². The first-order chi connectivity index (χ1) is 15.9. The molecule has 1 aliphatic heterocycles. The van der Waals surface area contributed by atoms with Gasteiger partial charge >= 0.3 is 0 Å². The molecule has 1 unspecified atom stereocenters. The van der Waals surface area contributed by atoms with Gasteiger partial charge in [-0.2, -0.15) is 0 Å². The predicted molar refractivity (Wildman–Crippen MR) is 128 cm³/mol. The predicted octanol–water partition coefficient (Wildman–Crippen LogP) is 5.72. The van der Waals surface area contributed by atoms with Crippen LogP contribution in [-0.2, 0) is 4.79 Å². The first-order valence-corrected chi connectivity index (χ1v) is 11.6. The zero-order valence-corrected chi connectivity index (χ0v) is 19.5. The second-order valence-corrected chi connectivity index (χ2v) is 8.76. The number of hydrogen-bond donors (Lipinski definition) is 1. The molecule has 0 fully saturated rings. The summed E-state index contributed by atoms with van der Waals surface area (Å²) in [5.74, 6) is -0.345. The summed E-state index contributed by atoms with van der Waals surface area (Å²) in [5.41, 5.74) is 1.23. The second kappa shape index (κ2) is 9.50. The van der Waals surface area contributed by atoms with E-state index >= 15 is 0 Å². The van der Waals surface area contributed by atoms with Gasteiger partial charge in [0.1, 0.15) is 11.5 Å². The quantitative estimate of drug-likeness (QED) is 0.433. The highest BCUT2D eigenvalue weighted by Gasteiger charge is 2.45. The van der Waals surface area contributed by atoms with Crippen LogP contribution in [0.5, 0.6) is 11.5 Å². The maximum atomic E-state index is 13.4. The Hall–Kier alpha value is -3.58. The molecular formula is C26H25NO5S. The van der Waals surface area contributed by atoms with Gasteiger partial charge < -0.3 is 14.6 Å². The molecule has 4 rings (SSSR count). The summed E-state index contributed by atoms with van der Waals surface area (Å²) in [6.07, 6.45) is -0.0411. The Morgan fingerprint density at radius 2 is 1.85 bits per heavy atom. The standard InChI is InChI=1S/C26H25NO5S/c1-4-31-19-10-6-9-18(15-19)27-23(17-8-5-11-20(14-17)32-16(2)3)22(25(29)26(27)30)24(28)21-12-7-13-33-21/h5-16,23,29H,4H2,1-3H3. The molecule has 1 N–H and O–H groups in total. The van der Waals surface area contributed by atoms with Crippen molar-refractivity contribution < 1.29 is 24.2 Å². The highest BCUT2D eigenvalue weighted by molar-refractivity contribution is 7.12. The van der Waals surface area contributed by atoms with Crippen LogP contribution in [0.25, 0.3) is 0 Å². The minimum atomic E-state index is -0.820. The summed E-state index contributed by atoms with van der Waals surface area (Å²) in [7, 11) is 0. The van der Waals surface area contributed by atoms with Gasteiger partial charge in [0.2, 0.25) is 5.78 Å². The van der Waals surface area contributed by atoms with Crippen LogP contribution in [-0.4, -0.2) is 29.5 Å². The number of Topliss-reactive ketones (excluding diaryl/α,β-unsaturated/α-hetero) is 1. The first-order valence-electron chi connectivity index (χ1n) is 10.7. The monoisotopic (exact) mass is 463 g/mol. The number of thiophene rings is 1. The molecule has 33 heavy (non-hydrogen) atoms. The highest BCUT2D eigenvalue weighted by atomic mass is 32.1. The van der Waals surface area contributed by atoms with E-state index in [2.05, 4.69) is 0 Å². The number of carbonyl (C=O) groups is 2. The molecule has 6 nitrogen and oxygen atoms in total. The number of anilines is 1. The first kappa shape index (κ1) is 22.6. The molecule has 170 valence electrons. The lowest BCUT2D eigenvalue weighted by Gasteiger charge is -2.27. The molecule has 1 aliphatic rings. The van der Waals surface area contributed by atoms with Crippen molar-refractivity contribution >= 4 is 28.7 Å². The lowest BCUT2D eigenvalue weighted by Crippen LogP contribution is -2.31. The second-order valence-electron chi connectivity index (χ2n) is 7.82. The van der Waals surface area contributed by atoms with Crippen LogP contribution in [0.4, 0.5) is 5.69 Å². The van der Waals surface area contributed by atoms with E-state index in [4.69, 9.17) is 9.47 Å². The van der Waals surface area contributed by atoms with Gasteiger partial charge in [-0.15, -0.1) is 11.3 Å². The van der Waals surface area contributed by atoms with Gasteiger partial charge in [0.05, 0.1) is 29.2 Å². The molecule has 0 radical (unpaired) electrons. The summed E-state index contributed by atoms with van der Waals surface area (Å²) in [4.78, 5) is 28.6. The smallest absolute Gasteiger partial charge is 0.294 e. The van der Waals surface area contributed by atoms with E-state index in [1.165, 1.54) is 16.2 Å². The molecule has 0 saturated heterocycles. The number of aliphatic hydroxyl groups is 1. The number of ether oxygens (including phenoxy) is 2. The van der Waals surface area contributed by atoms with Gasteiger partial charge in [0.25, 0.3) is 5.91 Å². The average Bonchev–Trinajstić information content (AvgIpc) is 3.41. The number of rotatable bonds is 8. The third kappa shape index (κ3) is 4.50. The van der Waals surface area contributed by atoms with E-state index in [0.29, 0.717) is 34.2 Å². The molecular weight excluding hydrogens is 438 g/mol. The van der Waals surface area contributed by atoms with Crippen molar-refractivity contribution in [2.45, 2.75) is 32.9 Å². The Morgan fingerprint density at radius 1 is 1.09 bits per heavy atom. The largest absolute Gasteiger partial charge is 0.503 e. The Labute approximate surface area is 196 Å². The Bertz CT molecular complexity index is 1200. The van der Waals surface area contributed by atoms with E-state index in [9.17, 15) is 14.7 Å². The van der Waals surface area contributed by atoms with E-state index < -0.39 is 17.7 Å². The Kier molecular flexibility index (Phi) is 6.51. The maximum absolute atomic E-state index is 13.4. The van der Waals surface area contributed by atoms with Crippen LogP contribution in [0.1, 0.15) is 42.0 Å². The van der Waals surface area contributed by atoms with E-state index in [0.717, 1.165) is 0 Å². The van der Waals surface area contributed by atoms with Crippen LogP contribution in [0.2, 0.25) is 0 Å². The van der Waals surface area contributed by atoms with Crippen LogP contribution >= 0.6 is 11.3 Å². The topological polar surface area (TPSA) is 76.1 Å². The van der Waals surface area contributed by atoms with Crippen molar-refractivity contribution in [2.24, 2.45) is 0 Å². The maximum Gasteiger partial charge on any atom is 0.294 e. The summed E-state index contributed by atoms with van der Waals surface area (Å²) in [6.45, 7) is 6.20. The molecule has 3 aromatic rings. The number of hydrogen-bond acceptors (Lipinski definition) is 6. The minimum absolute atomic E-state index is 0.0411. The Balaban J connectivity index is 1.86. The van der Waals surface area contributed by atoms with Crippen molar-refractivity contribution in [1.29, 1.82) is 0 Å². The molecule has 0 bridgehead atoms. The van der Waals surface area contributed by atoms with Gasteiger partial charge in [-0.25, -0.2) is 0 Å². The zero-order chi connectivity index (χ0) is 23.5. The van der Waals surface area contributed by atoms with Gasteiger partial charge in [0.15, 0.2) is 5.76 Å². The normalized spacial score (nSPS) is 15.9. The third-order valence-corrected chi connectivity index (χ3v) is 6.02. The van der Waals surface area contributed by atoms with Crippen LogP contribution in [0, 0.1) is 0 Å². The van der Waals surface area contributed by atoms with E-state index in [1.807, 2.05) is 39.0 Å². The fourth-order valence-electron chi connectivity index (χ4n) is 3.88. The van der Waals surface area contributed by atoms with E-state index in [1.54, 1.807) is 47.8 Å². The Morgan fingerprint density at radius 3 is 2.55 bits per heavy atom. The van der Waals surface area contributed by atoms with Crippen LogP contribution in [0.3, 0.4) is 0 Å². The summed E-state index contributed by atoms with van der Waals surface area (Å²) >= 11 is 1.27. The molecule has 1 amide bonds. The van der Waals surface area contributed by atoms with Gasteiger partial charge in [-0.1, -0.05) is 24.3 Å². The number of carbonyl (C=O) groups excluding carboxylic acids is 2. The number of amides is 1. The highest BCUT2D eigenvalue weighted by Crippen LogP contribution is 2.43. The molecule has 1 aromatic heterocycles. The van der Waals surface area contributed by atoms with Gasteiger partial charge in [-0.05, 0) is 62.0 Å². The summed E-state index contributed by atoms with van der Waals surface area (Å²) in [5, 5.41) is 12.7. The molecule has 0 spiro atoms. The van der Waals surface area contributed by atoms with Crippen LogP contribution < -0.4 is 14.4 Å². The average molecular weight is 464 g/mol. The minimum Gasteiger partial charge on any atom is -0.503 e.